The normalized spacial score (nSPS) is 29.4. The lowest BCUT2D eigenvalue weighted by Crippen LogP contribution is -2.42. The number of aromatic amines is 1. The summed E-state index contributed by atoms with van der Waals surface area (Å²) in [4.78, 5) is 45.8. The molecule has 0 unspecified atom stereocenters. The van der Waals surface area contributed by atoms with Crippen LogP contribution in [-0.4, -0.2) is 22.0 Å². The molecule has 3 aromatic carbocycles. The van der Waals surface area contributed by atoms with Crippen molar-refractivity contribution >= 4 is 52.2 Å². The first kappa shape index (κ1) is 25.4. The summed E-state index contributed by atoms with van der Waals surface area (Å²) in [6, 6.07) is 24.9. The third-order valence-electron chi connectivity index (χ3n) is 9.30. The van der Waals surface area contributed by atoms with E-state index >= 15 is 0 Å². The molecule has 41 heavy (non-hydrogen) atoms. The van der Waals surface area contributed by atoms with Gasteiger partial charge in [0.05, 0.1) is 22.5 Å². The van der Waals surface area contributed by atoms with Crippen LogP contribution in [-0.2, 0) is 16.2 Å². The van der Waals surface area contributed by atoms with Crippen LogP contribution in [0.4, 0.5) is 5.69 Å². The summed E-state index contributed by atoms with van der Waals surface area (Å²) >= 11 is 9.02. The zero-order valence-corrected chi connectivity index (χ0v) is 24.1. The maximum absolute atomic E-state index is 13.9. The minimum Gasteiger partial charge on any atom is -0.489 e. The molecule has 2 amide bonds. The second-order valence-corrected chi connectivity index (χ2v) is 13.9. The van der Waals surface area contributed by atoms with Gasteiger partial charge in [-0.05, 0) is 60.1 Å². The van der Waals surface area contributed by atoms with Crippen molar-refractivity contribution in [2.75, 3.05) is 4.90 Å². The van der Waals surface area contributed by atoms with Gasteiger partial charge in [-0.15, -0.1) is 11.8 Å². The fourth-order valence-electron chi connectivity index (χ4n) is 7.81. The van der Waals surface area contributed by atoms with E-state index in [1.54, 1.807) is 11.8 Å². The van der Waals surface area contributed by atoms with Crippen LogP contribution in [0.3, 0.4) is 0 Å². The van der Waals surface area contributed by atoms with Crippen molar-refractivity contribution in [3.8, 4) is 5.75 Å². The van der Waals surface area contributed by atoms with Gasteiger partial charge in [0.1, 0.15) is 12.4 Å². The summed E-state index contributed by atoms with van der Waals surface area (Å²) in [5.74, 6) is 0.0838. The SMILES string of the molecule is O=C1[C@H]2[C@H]3C[C@@H]([C@@H]2C(=O)N1c1ccccc1)[C@H]1[C@H](c2ccccc2OCc2ccc(Cl)cc2)c2sc(=O)[nH]c2S[C@H]31. The van der Waals surface area contributed by atoms with Crippen molar-refractivity contribution < 1.29 is 14.3 Å². The Morgan fingerprint density at radius 3 is 2.37 bits per heavy atom. The largest absolute Gasteiger partial charge is 0.489 e. The molecule has 206 valence electrons. The van der Waals surface area contributed by atoms with E-state index in [1.807, 2.05) is 72.8 Å². The first-order valence-electron chi connectivity index (χ1n) is 13.8. The van der Waals surface area contributed by atoms with Gasteiger partial charge in [0, 0.05) is 26.6 Å². The summed E-state index contributed by atoms with van der Waals surface area (Å²) in [5, 5.41) is 1.69. The third kappa shape index (κ3) is 3.87. The Balaban J connectivity index is 1.19. The molecule has 7 atom stereocenters. The van der Waals surface area contributed by atoms with E-state index < -0.39 is 0 Å². The predicted octanol–water partition coefficient (Wildman–Crippen LogP) is 6.35. The van der Waals surface area contributed by atoms with Gasteiger partial charge < -0.3 is 9.72 Å². The number of hydrogen-bond donors (Lipinski definition) is 1. The van der Waals surface area contributed by atoms with Crippen LogP contribution in [0.15, 0.2) is 88.7 Å². The number of carbonyl (C=O) groups is 2. The molecule has 0 spiro atoms. The Labute approximate surface area is 249 Å². The zero-order chi connectivity index (χ0) is 27.8. The molecular formula is C32H25ClN2O4S2. The number of benzene rings is 3. The molecule has 2 bridgehead atoms. The fraction of sp³-hybridized carbons (Fsp3) is 0.281. The Hall–Kier alpha value is -3.33. The Bertz CT molecular complexity index is 1740. The lowest BCUT2D eigenvalue weighted by atomic mass is 9.68. The van der Waals surface area contributed by atoms with E-state index in [-0.39, 0.29) is 57.4 Å². The first-order valence-corrected chi connectivity index (χ1v) is 15.9. The number of amides is 2. The molecule has 1 N–H and O–H groups in total. The van der Waals surface area contributed by atoms with Gasteiger partial charge in [0.15, 0.2) is 0 Å². The molecule has 2 aliphatic heterocycles. The van der Waals surface area contributed by atoms with E-state index in [0.29, 0.717) is 17.3 Å². The number of carbonyl (C=O) groups excluding carboxylic acids is 2. The molecule has 1 aromatic heterocycles. The van der Waals surface area contributed by atoms with Crippen molar-refractivity contribution in [2.45, 2.75) is 29.2 Å². The van der Waals surface area contributed by atoms with Crippen LogP contribution in [0.1, 0.15) is 28.3 Å². The number of aromatic nitrogens is 1. The van der Waals surface area contributed by atoms with Crippen molar-refractivity contribution in [1.29, 1.82) is 0 Å². The number of thioether (sulfide) groups is 1. The van der Waals surface area contributed by atoms with E-state index in [1.165, 1.54) is 16.2 Å². The minimum absolute atomic E-state index is 0.0485. The van der Waals surface area contributed by atoms with Gasteiger partial charge in [-0.3, -0.25) is 19.3 Å². The monoisotopic (exact) mass is 600 g/mol. The number of anilines is 1. The highest BCUT2D eigenvalue weighted by atomic mass is 35.5. The minimum atomic E-state index is -0.337. The molecule has 4 aromatic rings. The molecule has 0 radical (unpaired) electrons. The average molecular weight is 601 g/mol. The van der Waals surface area contributed by atoms with Gasteiger partial charge in [0.25, 0.3) is 0 Å². The second kappa shape index (κ2) is 9.61. The van der Waals surface area contributed by atoms with Gasteiger partial charge in [0.2, 0.25) is 11.8 Å². The van der Waals surface area contributed by atoms with Crippen LogP contribution in [0.2, 0.25) is 5.02 Å². The summed E-state index contributed by atoms with van der Waals surface area (Å²) in [5.41, 5.74) is 2.68. The molecule has 6 nitrogen and oxygen atoms in total. The predicted molar refractivity (Wildman–Crippen MR) is 160 cm³/mol. The summed E-state index contributed by atoms with van der Waals surface area (Å²) in [6.07, 6.45) is 0.848. The molecule has 8 rings (SSSR count). The number of para-hydroxylation sites is 2. The number of ether oxygens (including phenoxy) is 1. The number of fused-ring (bicyclic) bond motifs is 9. The van der Waals surface area contributed by atoms with Crippen LogP contribution in [0.25, 0.3) is 0 Å². The molecule has 2 aliphatic carbocycles. The molecule has 3 fully saturated rings. The van der Waals surface area contributed by atoms with E-state index in [2.05, 4.69) is 11.1 Å². The molecule has 1 saturated heterocycles. The van der Waals surface area contributed by atoms with E-state index in [9.17, 15) is 14.4 Å². The smallest absolute Gasteiger partial charge is 0.305 e. The quantitative estimate of drug-likeness (QED) is 0.270. The standard InChI is InChI=1S/C32H25ClN2O4S2/c33-17-12-10-16(11-13-17)15-39-22-9-5-4-8-19(22)23-24-20-14-21(27(24)40-29-28(23)41-32(38)34-29)26-25(20)30(36)35(31(26)37)18-6-2-1-3-7-18/h1-13,20-21,23-27H,14-15H2,(H,34,38)/t20-,21-,23+,24+,25+,26+,27-/m1/s1. The lowest BCUT2D eigenvalue weighted by molar-refractivity contribution is -0.123. The van der Waals surface area contributed by atoms with Crippen molar-refractivity contribution in [2.24, 2.45) is 29.6 Å². The summed E-state index contributed by atoms with van der Waals surface area (Å²) in [7, 11) is 0. The highest BCUT2D eigenvalue weighted by molar-refractivity contribution is 8.00. The lowest BCUT2D eigenvalue weighted by Gasteiger charge is -2.43. The molecule has 4 aliphatic rings. The average Bonchev–Trinajstić information content (AvgIpc) is 3.72. The van der Waals surface area contributed by atoms with Crippen LogP contribution in [0.5, 0.6) is 5.75 Å². The fourth-order valence-corrected chi connectivity index (χ4v) is 10.8. The molecule has 2 saturated carbocycles. The summed E-state index contributed by atoms with van der Waals surface area (Å²) < 4.78 is 6.40. The molecule has 3 heterocycles. The molecular weight excluding hydrogens is 576 g/mol. The van der Waals surface area contributed by atoms with Crippen LogP contribution >= 0.6 is 34.7 Å². The van der Waals surface area contributed by atoms with Gasteiger partial charge in [-0.2, -0.15) is 0 Å². The number of rotatable bonds is 5. The topological polar surface area (TPSA) is 79.5 Å². The van der Waals surface area contributed by atoms with Gasteiger partial charge in [-0.1, -0.05) is 71.5 Å². The molecule has 9 heteroatoms. The Kier molecular flexibility index (Phi) is 5.95. The maximum Gasteiger partial charge on any atom is 0.305 e. The van der Waals surface area contributed by atoms with Crippen molar-refractivity contribution in [3.63, 3.8) is 0 Å². The van der Waals surface area contributed by atoms with Crippen LogP contribution < -0.4 is 14.5 Å². The zero-order valence-electron chi connectivity index (χ0n) is 21.7. The summed E-state index contributed by atoms with van der Waals surface area (Å²) in [6.45, 7) is 0.385. The Morgan fingerprint density at radius 2 is 1.59 bits per heavy atom. The number of hydrogen-bond acceptors (Lipinski definition) is 6. The van der Waals surface area contributed by atoms with Gasteiger partial charge in [-0.25, -0.2) is 0 Å². The van der Waals surface area contributed by atoms with E-state index in [4.69, 9.17) is 16.3 Å². The number of nitrogens with zero attached hydrogens (tertiary/aromatic N) is 1. The number of thiazole rings is 1. The van der Waals surface area contributed by atoms with Crippen molar-refractivity contribution in [3.05, 3.63) is 110 Å². The number of H-pyrrole nitrogens is 1. The van der Waals surface area contributed by atoms with Crippen LogP contribution in [0, 0.1) is 29.6 Å². The highest BCUT2D eigenvalue weighted by Crippen LogP contribution is 2.69. The van der Waals surface area contributed by atoms with E-state index in [0.717, 1.165) is 33.2 Å². The number of nitrogens with one attached hydrogen (secondary N) is 1. The maximum atomic E-state index is 13.9. The van der Waals surface area contributed by atoms with Gasteiger partial charge >= 0.3 is 4.87 Å². The first-order chi connectivity index (χ1) is 20.0. The van der Waals surface area contributed by atoms with Crippen molar-refractivity contribution in [1.82, 2.24) is 4.98 Å². The Morgan fingerprint density at radius 1 is 0.878 bits per heavy atom. The second-order valence-electron chi connectivity index (χ2n) is 11.3. The number of imide groups is 1. The number of halogens is 1. The third-order valence-corrected chi connectivity index (χ3v) is 12.1. The highest BCUT2D eigenvalue weighted by Gasteiger charge is 2.69.